The molecule has 1 rings (SSSR count). The molecule has 1 heterocycles. The van der Waals surface area contributed by atoms with Crippen LogP contribution in [-0.4, -0.2) is 0 Å². The van der Waals surface area contributed by atoms with Gasteiger partial charge in [-0.1, -0.05) is 38.7 Å². The van der Waals surface area contributed by atoms with Gasteiger partial charge in [0.1, 0.15) is 6.54 Å². The molecule has 0 saturated carbocycles. The Morgan fingerprint density at radius 2 is 1.71 bits per heavy atom. The molecule has 17 heavy (non-hydrogen) atoms. The third-order valence-corrected chi connectivity index (χ3v) is 3.11. The summed E-state index contributed by atoms with van der Waals surface area (Å²) in [6, 6.07) is 4.39. The van der Waals surface area contributed by atoms with Crippen molar-refractivity contribution in [3.63, 3.8) is 0 Å². The van der Waals surface area contributed by atoms with E-state index in [4.69, 9.17) is 0 Å². The molecule has 0 spiro atoms. The minimum atomic E-state index is 0.970. The molecule has 0 bridgehead atoms. The lowest BCUT2D eigenvalue weighted by molar-refractivity contribution is -0.697. The summed E-state index contributed by atoms with van der Waals surface area (Å²) in [5.41, 5.74) is 1.35. The van der Waals surface area contributed by atoms with Crippen LogP contribution in [0, 0.1) is 0 Å². The highest BCUT2D eigenvalue weighted by molar-refractivity contribution is 5.10. The van der Waals surface area contributed by atoms with E-state index in [9.17, 15) is 0 Å². The molecule has 0 N–H and O–H groups in total. The molecule has 0 saturated heterocycles. The molecule has 0 aliphatic heterocycles. The molecule has 0 atom stereocenters. The average Bonchev–Trinajstić information content (AvgIpc) is 2.36. The van der Waals surface area contributed by atoms with Crippen molar-refractivity contribution in [3.8, 4) is 0 Å². The number of unbranched alkanes of at least 4 members (excludes halogenated alkanes) is 5. The number of aryl methyl sites for hydroxylation is 1. The van der Waals surface area contributed by atoms with E-state index in [1.807, 2.05) is 6.08 Å². The Morgan fingerprint density at radius 3 is 2.35 bits per heavy atom. The van der Waals surface area contributed by atoms with Crippen LogP contribution in [0.3, 0.4) is 0 Å². The molecular formula is C16H26N+. The van der Waals surface area contributed by atoms with Crippen molar-refractivity contribution >= 4 is 0 Å². The summed E-state index contributed by atoms with van der Waals surface area (Å²) in [6.45, 7) is 7.17. The van der Waals surface area contributed by atoms with E-state index in [1.165, 1.54) is 44.1 Å². The SMILES string of the molecule is C=CCc1cc[n+](CCCCCCCC)cc1. The van der Waals surface area contributed by atoms with Gasteiger partial charge in [-0.3, -0.25) is 0 Å². The van der Waals surface area contributed by atoms with Gasteiger partial charge in [-0.15, -0.1) is 6.58 Å². The first-order valence-corrected chi connectivity index (χ1v) is 6.95. The van der Waals surface area contributed by atoms with Crippen LogP contribution in [0.2, 0.25) is 0 Å². The van der Waals surface area contributed by atoms with E-state index in [0.29, 0.717) is 0 Å². The van der Waals surface area contributed by atoms with Gasteiger partial charge in [-0.2, -0.15) is 0 Å². The number of aromatic nitrogens is 1. The largest absolute Gasteiger partial charge is 0.205 e. The highest BCUT2D eigenvalue weighted by Crippen LogP contribution is 2.04. The van der Waals surface area contributed by atoms with Crippen molar-refractivity contribution in [2.24, 2.45) is 0 Å². The van der Waals surface area contributed by atoms with Crippen LogP contribution in [0.4, 0.5) is 0 Å². The van der Waals surface area contributed by atoms with Gasteiger partial charge in [0, 0.05) is 18.6 Å². The summed E-state index contributed by atoms with van der Waals surface area (Å²) in [5.74, 6) is 0. The minimum Gasteiger partial charge on any atom is -0.205 e. The van der Waals surface area contributed by atoms with Gasteiger partial charge >= 0.3 is 0 Å². The van der Waals surface area contributed by atoms with Gasteiger partial charge in [-0.05, 0) is 18.4 Å². The van der Waals surface area contributed by atoms with Crippen molar-refractivity contribution in [1.29, 1.82) is 0 Å². The normalized spacial score (nSPS) is 10.4. The fraction of sp³-hybridized carbons (Fsp3) is 0.562. The van der Waals surface area contributed by atoms with E-state index in [2.05, 4.69) is 42.6 Å². The average molecular weight is 232 g/mol. The van der Waals surface area contributed by atoms with Gasteiger partial charge in [0.2, 0.25) is 0 Å². The summed E-state index contributed by atoms with van der Waals surface area (Å²) in [6.07, 6.45) is 15.5. The minimum absolute atomic E-state index is 0.970. The van der Waals surface area contributed by atoms with Crippen LogP contribution in [0.15, 0.2) is 37.2 Å². The molecule has 0 aliphatic rings. The summed E-state index contributed by atoms with van der Waals surface area (Å²) >= 11 is 0. The van der Waals surface area contributed by atoms with Gasteiger partial charge < -0.3 is 0 Å². The Morgan fingerprint density at radius 1 is 1.06 bits per heavy atom. The third-order valence-electron chi connectivity index (χ3n) is 3.11. The second-order valence-electron chi connectivity index (χ2n) is 4.70. The van der Waals surface area contributed by atoms with Crippen LogP contribution < -0.4 is 4.57 Å². The smallest absolute Gasteiger partial charge is 0.169 e. The molecule has 0 radical (unpaired) electrons. The zero-order valence-electron chi connectivity index (χ0n) is 11.2. The van der Waals surface area contributed by atoms with Crippen LogP contribution in [0.5, 0.6) is 0 Å². The fourth-order valence-corrected chi connectivity index (χ4v) is 2.01. The van der Waals surface area contributed by atoms with Gasteiger partial charge in [0.15, 0.2) is 12.4 Å². The molecule has 1 nitrogen and oxygen atoms in total. The Kier molecular flexibility index (Phi) is 7.37. The highest BCUT2D eigenvalue weighted by Gasteiger charge is 2.00. The predicted octanol–water partition coefficient (Wildman–Crippen LogP) is 4.06. The lowest BCUT2D eigenvalue weighted by Crippen LogP contribution is -2.32. The van der Waals surface area contributed by atoms with Gasteiger partial charge in [-0.25, -0.2) is 4.57 Å². The maximum absolute atomic E-state index is 3.76. The van der Waals surface area contributed by atoms with Crippen molar-refractivity contribution in [2.45, 2.75) is 58.4 Å². The zero-order chi connectivity index (χ0) is 12.3. The monoisotopic (exact) mass is 232 g/mol. The first-order valence-electron chi connectivity index (χ1n) is 6.95. The van der Waals surface area contributed by atoms with Crippen LogP contribution in [-0.2, 0) is 13.0 Å². The fourth-order valence-electron chi connectivity index (χ4n) is 2.01. The molecule has 0 aliphatic carbocycles. The molecule has 0 aromatic carbocycles. The molecule has 0 amide bonds. The molecule has 1 heteroatoms. The second kappa shape index (κ2) is 8.98. The number of hydrogen-bond acceptors (Lipinski definition) is 0. The third kappa shape index (κ3) is 6.25. The molecule has 1 aromatic rings. The molecule has 0 fully saturated rings. The van der Waals surface area contributed by atoms with Gasteiger partial charge in [0.05, 0.1) is 0 Å². The highest BCUT2D eigenvalue weighted by atomic mass is 14.9. The summed E-state index contributed by atoms with van der Waals surface area (Å²) in [4.78, 5) is 0. The number of nitrogens with zero attached hydrogens (tertiary/aromatic N) is 1. The van der Waals surface area contributed by atoms with Crippen molar-refractivity contribution in [3.05, 3.63) is 42.7 Å². The van der Waals surface area contributed by atoms with E-state index in [1.54, 1.807) is 0 Å². The Labute approximate surface area is 106 Å². The Balaban J connectivity index is 2.16. The first-order chi connectivity index (χ1) is 8.36. The first kappa shape index (κ1) is 14.0. The topological polar surface area (TPSA) is 3.88 Å². The lowest BCUT2D eigenvalue weighted by atomic mass is 10.1. The van der Waals surface area contributed by atoms with Crippen molar-refractivity contribution in [1.82, 2.24) is 0 Å². The Bertz CT molecular complexity index is 300. The van der Waals surface area contributed by atoms with Crippen LogP contribution in [0.1, 0.15) is 51.0 Å². The predicted molar refractivity (Wildman–Crippen MR) is 73.9 cm³/mol. The zero-order valence-corrected chi connectivity index (χ0v) is 11.2. The molecular weight excluding hydrogens is 206 g/mol. The van der Waals surface area contributed by atoms with E-state index in [-0.39, 0.29) is 0 Å². The maximum atomic E-state index is 3.76. The van der Waals surface area contributed by atoms with E-state index in [0.717, 1.165) is 13.0 Å². The number of allylic oxidation sites excluding steroid dienone is 1. The summed E-state index contributed by atoms with van der Waals surface area (Å²) < 4.78 is 2.28. The lowest BCUT2D eigenvalue weighted by Gasteiger charge is -1.99. The van der Waals surface area contributed by atoms with Crippen molar-refractivity contribution in [2.75, 3.05) is 0 Å². The molecule has 94 valence electrons. The quantitative estimate of drug-likeness (QED) is 0.343. The number of rotatable bonds is 9. The van der Waals surface area contributed by atoms with Crippen LogP contribution >= 0.6 is 0 Å². The summed E-state index contributed by atoms with van der Waals surface area (Å²) in [7, 11) is 0. The molecule has 1 aromatic heterocycles. The van der Waals surface area contributed by atoms with Crippen LogP contribution in [0.25, 0.3) is 0 Å². The van der Waals surface area contributed by atoms with E-state index >= 15 is 0 Å². The Hall–Kier alpha value is -1.11. The number of hydrogen-bond donors (Lipinski definition) is 0. The van der Waals surface area contributed by atoms with Crippen molar-refractivity contribution < 1.29 is 4.57 Å². The molecule has 0 unspecified atom stereocenters. The maximum Gasteiger partial charge on any atom is 0.169 e. The summed E-state index contributed by atoms with van der Waals surface area (Å²) in [5, 5.41) is 0. The van der Waals surface area contributed by atoms with E-state index < -0.39 is 0 Å². The second-order valence-corrected chi connectivity index (χ2v) is 4.70. The number of pyridine rings is 1. The standard InChI is InChI=1S/C16H26N/c1-3-5-6-7-8-9-13-17-14-11-16(10-4-2)12-15-17/h4,11-12,14-15H,2-3,5-10,13H2,1H3/q+1. The van der Waals surface area contributed by atoms with Gasteiger partial charge in [0.25, 0.3) is 0 Å².